The lowest BCUT2D eigenvalue weighted by atomic mass is 10.0. The first-order valence-electron chi connectivity index (χ1n) is 7.45. The number of aliphatic carboxylic acids is 1. The maximum absolute atomic E-state index is 11.9. The molecule has 2 aromatic rings. The molecular formula is C17H21NO5. The van der Waals surface area contributed by atoms with E-state index in [9.17, 15) is 19.8 Å². The normalized spacial score (nSPS) is 12.7. The summed E-state index contributed by atoms with van der Waals surface area (Å²) < 4.78 is 5.34. The number of nitrogens with one attached hydrogen (secondary N) is 1. The van der Waals surface area contributed by atoms with E-state index in [0.29, 0.717) is 16.7 Å². The van der Waals surface area contributed by atoms with Crippen molar-refractivity contribution in [2.75, 3.05) is 0 Å². The molecule has 2 rings (SSSR count). The van der Waals surface area contributed by atoms with Crippen molar-refractivity contribution < 1.29 is 19.4 Å². The lowest BCUT2D eigenvalue weighted by Gasteiger charge is -2.19. The number of phenolic OH excluding ortho intramolecular Hbond substituents is 1. The van der Waals surface area contributed by atoms with E-state index in [1.54, 1.807) is 26.8 Å². The molecule has 1 aromatic carbocycles. The van der Waals surface area contributed by atoms with Gasteiger partial charge in [-0.1, -0.05) is 13.8 Å². The summed E-state index contributed by atoms with van der Waals surface area (Å²) in [6, 6.07) is 2.45. The lowest BCUT2D eigenvalue weighted by molar-refractivity contribution is -0.140. The van der Waals surface area contributed by atoms with Crippen LogP contribution in [0.5, 0.6) is 5.75 Å². The Kier molecular flexibility index (Phi) is 4.75. The van der Waals surface area contributed by atoms with Crippen LogP contribution < -0.4 is 10.9 Å². The van der Waals surface area contributed by atoms with Crippen molar-refractivity contribution in [1.29, 1.82) is 0 Å². The second-order valence-corrected chi connectivity index (χ2v) is 6.02. The van der Waals surface area contributed by atoms with E-state index in [2.05, 4.69) is 5.32 Å². The molecule has 6 nitrogen and oxygen atoms in total. The maximum Gasteiger partial charge on any atom is 0.339 e. The SMILES string of the molecule is Cc1c(C)c2ccc(O)c(CN[C@H](C(=O)O)C(C)C)c2oc1=O. The predicted octanol–water partition coefficient (Wildman–Crippen LogP) is 2.31. The number of benzene rings is 1. The largest absolute Gasteiger partial charge is 0.507 e. The molecule has 6 heteroatoms. The van der Waals surface area contributed by atoms with E-state index >= 15 is 0 Å². The van der Waals surface area contributed by atoms with E-state index in [1.165, 1.54) is 6.07 Å². The Hall–Kier alpha value is -2.34. The minimum atomic E-state index is -0.965. The topological polar surface area (TPSA) is 99.8 Å². The van der Waals surface area contributed by atoms with Crippen molar-refractivity contribution in [2.45, 2.75) is 40.3 Å². The van der Waals surface area contributed by atoms with Gasteiger partial charge in [0.25, 0.3) is 0 Å². The molecular weight excluding hydrogens is 298 g/mol. The number of hydrogen-bond donors (Lipinski definition) is 3. The van der Waals surface area contributed by atoms with Crippen LogP contribution in [0, 0.1) is 19.8 Å². The number of carbonyl (C=O) groups is 1. The molecule has 1 heterocycles. The summed E-state index contributed by atoms with van der Waals surface area (Å²) in [5.41, 5.74) is 1.53. The van der Waals surface area contributed by atoms with Crippen LogP contribution in [0.1, 0.15) is 30.5 Å². The third-order valence-electron chi connectivity index (χ3n) is 4.13. The maximum atomic E-state index is 11.9. The van der Waals surface area contributed by atoms with Crippen molar-refractivity contribution >= 4 is 16.9 Å². The summed E-state index contributed by atoms with van der Waals surface area (Å²) >= 11 is 0. The Morgan fingerprint density at radius 3 is 2.48 bits per heavy atom. The minimum absolute atomic E-state index is 0.0377. The quantitative estimate of drug-likeness (QED) is 0.731. The van der Waals surface area contributed by atoms with Crippen LogP contribution in [0.25, 0.3) is 11.0 Å². The van der Waals surface area contributed by atoms with Crippen LogP contribution in [-0.4, -0.2) is 22.2 Å². The molecule has 0 fully saturated rings. The number of aryl methyl sites for hydroxylation is 1. The highest BCUT2D eigenvalue weighted by molar-refractivity contribution is 5.85. The molecule has 0 unspecified atom stereocenters. The van der Waals surface area contributed by atoms with Crippen molar-refractivity contribution in [3.05, 3.63) is 39.2 Å². The smallest absolute Gasteiger partial charge is 0.339 e. The number of rotatable bonds is 5. The molecule has 0 radical (unpaired) electrons. The first-order valence-corrected chi connectivity index (χ1v) is 7.45. The fourth-order valence-electron chi connectivity index (χ4n) is 2.54. The van der Waals surface area contributed by atoms with Crippen LogP contribution in [0.3, 0.4) is 0 Å². The van der Waals surface area contributed by atoms with Gasteiger partial charge >= 0.3 is 11.6 Å². The first-order chi connectivity index (χ1) is 10.7. The zero-order chi connectivity index (χ0) is 17.3. The van der Waals surface area contributed by atoms with E-state index in [1.807, 2.05) is 6.92 Å². The zero-order valence-corrected chi connectivity index (χ0v) is 13.6. The van der Waals surface area contributed by atoms with E-state index in [-0.39, 0.29) is 18.2 Å². The molecule has 1 atom stereocenters. The summed E-state index contributed by atoms with van der Waals surface area (Å²) in [6.45, 7) is 7.18. The number of carboxylic acid groups (broad SMARTS) is 1. The Morgan fingerprint density at radius 2 is 1.91 bits per heavy atom. The number of fused-ring (bicyclic) bond motifs is 1. The monoisotopic (exact) mass is 319 g/mol. The summed E-state index contributed by atoms with van der Waals surface area (Å²) in [7, 11) is 0. The molecule has 0 aliphatic rings. The fourth-order valence-corrected chi connectivity index (χ4v) is 2.54. The molecule has 0 spiro atoms. The Balaban J connectivity index is 2.50. The van der Waals surface area contributed by atoms with Crippen molar-refractivity contribution in [3.8, 4) is 5.75 Å². The van der Waals surface area contributed by atoms with Gasteiger partial charge in [0, 0.05) is 17.5 Å². The average molecular weight is 319 g/mol. The number of carboxylic acids is 1. The lowest BCUT2D eigenvalue weighted by Crippen LogP contribution is -2.40. The molecule has 0 aliphatic carbocycles. The molecule has 0 saturated carbocycles. The van der Waals surface area contributed by atoms with Crippen LogP contribution >= 0.6 is 0 Å². The average Bonchev–Trinajstić information content (AvgIpc) is 2.46. The molecule has 124 valence electrons. The van der Waals surface area contributed by atoms with Gasteiger partial charge in [0.2, 0.25) is 0 Å². The van der Waals surface area contributed by atoms with Crippen LogP contribution in [0.4, 0.5) is 0 Å². The van der Waals surface area contributed by atoms with E-state index < -0.39 is 17.6 Å². The van der Waals surface area contributed by atoms with Crippen LogP contribution in [0.15, 0.2) is 21.3 Å². The second kappa shape index (κ2) is 6.42. The van der Waals surface area contributed by atoms with E-state index in [0.717, 1.165) is 10.9 Å². The highest BCUT2D eigenvalue weighted by atomic mass is 16.4. The third kappa shape index (κ3) is 3.22. The second-order valence-electron chi connectivity index (χ2n) is 6.02. The summed E-state index contributed by atoms with van der Waals surface area (Å²) in [4.78, 5) is 23.2. The van der Waals surface area contributed by atoms with Crippen LogP contribution in [-0.2, 0) is 11.3 Å². The van der Waals surface area contributed by atoms with Crippen molar-refractivity contribution in [2.24, 2.45) is 5.92 Å². The molecule has 23 heavy (non-hydrogen) atoms. The third-order valence-corrected chi connectivity index (χ3v) is 4.13. The summed E-state index contributed by atoms with van der Waals surface area (Å²) in [5, 5.41) is 23.0. The van der Waals surface area contributed by atoms with Gasteiger partial charge in [-0.3, -0.25) is 10.1 Å². The molecule has 1 aromatic heterocycles. The zero-order valence-electron chi connectivity index (χ0n) is 13.6. The minimum Gasteiger partial charge on any atom is -0.507 e. The van der Waals surface area contributed by atoms with E-state index in [4.69, 9.17) is 4.42 Å². The predicted molar refractivity (Wildman–Crippen MR) is 86.7 cm³/mol. The molecule has 0 bridgehead atoms. The standard InChI is InChI=1S/C17H21NO5/c1-8(2)14(16(20)21)18-7-12-13(19)6-5-11-9(3)10(4)17(22)23-15(11)12/h5-6,8,14,18-19H,7H2,1-4H3,(H,20,21)/t14-/m0/s1. The highest BCUT2D eigenvalue weighted by Gasteiger charge is 2.22. The van der Waals surface area contributed by atoms with Crippen molar-refractivity contribution in [3.63, 3.8) is 0 Å². The van der Waals surface area contributed by atoms with Gasteiger partial charge in [0.15, 0.2) is 0 Å². The summed E-state index contributed by atoms with van der Waals surface area (Å²) in [5.74, 6) is -1.13. The first kappa shape index (κ1) is 17.0. The van der Waals surface area contributed by atoms with Gasteiger partial charge in [-0.15, -0.1) is 0 Å². The number of aromatic hydroxyl groups is 1. The summed E-state index contributed by atoms with van der Waals surface area (Å²) in [6.07, 6.45) is 0. The van der Waals surface area contributed by atoms with Gasteiger partial charge in [-0.2, -0.15) is 0 Å². The van der Waals surface area contributed by atoms with Gasteiger partial charge in [-0.25, -0.2) is 4.79 Å². The highest BCUT2D eigenvalue weighted by Crippen LogP contribution is 2.29. The Labute approximate surface area is 133 Å². The Morgan fingerprint density at radius 1 is 1.26 bits per heavy atom. The van der Waals surface area contributed by atoms with Gasteiger partial charge in [-0.05, 0) is 37.5 Å². The molecule has 3 N–H and O–H groups in total. The molecule has 0 aliphatic heterocycles. The number of hydrogen-bond acceptors (Lipinski definition) is 5. The van der Waals surface area contributed by atoms with Crippen LogP contribution in [0.2, 0.25) is 0 Å². The Bertz CT molecular complexity index is 807. The number of phenols is 1. The van der Waals surface area contributed by atoms with Crippen molar-refractivity contribution in [1.82, 2.24) is 5.32 Å². The van der Waals surface area contributed by atoms with Gasteiger partial charge in [0.1, 0.15) is 17.4 Å². The molecule has 0 saturated heterocycles. The fraction of sp³-hybridized carbons (Fsp3) is 0.412. The molecule has 0 amide bonds. The van der Waals surface area contributed by atoms with Gasteiger partial charge < -0.3 is 14.6 Å². The van der Waals surface area contributed by atoms with Gasteiger partial charge in [0.05, 0.1) is 5.56 Å².